The summed E-state index contributed by atoms with van der Waals surface area (Å²) in [5.41, 5.74) is 6.35. The Labute approximate surface area is 106 Å². The highest BCUT2D eigenvalue weighted by Crippen LogP contribution is 2.26. The maximum atomic E-state index is 5.76. The van der Waals surface area contributed by atoms with Gasteiger partial charge in [0.2, 0.25) is 0 Å². The molecule has 0 aliphatic carbocycles. The second-order valence-electron chi connectivity index (χ2n) is 3.66. The molecule has 1 heterocycles. The third kappa shape index (κ3) is 2.99. The van der Waals surface area contributed by atoms with Gasteiger partial charge in [-0.15, -0.1) is 0 Å². The first kappa shape index (κ1) is 12.4. The van der Waals surface area contributed by atoms with Crippen LogP contribution < -0.4 is 15.2 Å². The van der Waals surface area contributed by atoms with Crippen LogP contribution in [0.3, 0.4) is 0 Å². The first-order valence-electron chi connectivity index (χ1n) is 5.88. The molecule has 1 aromatic carbocycles. The second kappa shape index (κ2) is 6.02. The molecule has 0 fully saturated rings. The smallest absolute Gasteiger partial charge is 0.150 e. The summed E-state index contributed by atoms with van der Waals surface area (Å²) in [5.74, 6) is 2.17. The summed E-state index contributed by atoms with van der Waals surface area (Å²) >= 11 is 0. The Morgan fingerprint density at radius 3 is 2.78 bits per heavy atom. The van der Waals surface area contributed by atoms with Gasteiger partial charge < -0.3 is 15.2 Å². The van der Waals surface area contributed by atoms with Gasteiger partial charge in [0.05, 0.1) is 12.3 Å². The number of nitrogens with zero attached hydrogens (tertiary/aromatic N) is 1. The van der Waals surface area contributed by atoms with E-state index in [1.165, 1.54) is 0 Å². The van der Waals surface area contributed by atoms with Crippen LogP contribution in [-0.2, 0) is 6.54 Å². The molecule has 0 bridgehead atoms. The minimum atomic E-state index is 0.349. The third-order valence-corrected chi connectivity index (χ3v) is 2.39. The average molecular weight is 244 g/mol. The molecule has 18 heavy (non-hydrogen) atoms. The standard InChI is InChI=1S/C14H16N2O2/c1-2-17-11-5-3-6-12(9-11)18-14-7-4-8-16-13(14)10-15/h3-9H,2,10,15H2,1H3. The Bertz CT molecular complexity index is 515. The van der Waals surface area contributed by atoms with Crippen molar-refractivity contribution in [2.24, 2.45) is 5.73 Å². The number of ether oxygens (including phenoxy) is 2. The number of aromatic nitrogens is 1. The van der Waals surface area contributed by atoms with Gasteiger partial charge in [0.1, 0.15) is 17.2 Å². The van der Waals surface area contributed by atoms with Gasteiger partial charge in [0.25, 0.3) is 0 Å². The van der Waals surface area contributed by atoms with Crippen molar-refractivity contribution in [1.82, 2.24) is 4.98 Å². The molecule has 4 nitrogen and oxygen atoms in total. The first-order chi connectivity index (χ1) is 8.83. The predicted molar refractivity (Wildman–Crippen MR) is 69.8 cm³/mol. The van der Waals surface area contributed by atoms with E-state index in [0.29, 0.717) is 24.7 Å². The highest BCUT2D eigenvalue weighted by atomic mass is 16.5. The highest BCUT2D eigenvalue weighted by molar-refractivity contribution is 5.38. The van der Waals surface area contributed by atoms with Gasteiger partial charge in [-0.25, -0.2) is 0 Å². The molecule has 0 amide bonds. The quantitative estimate of drug-likeness (QED) is 0.878. The third-order valence-electron chi connectivity index (χ3n) is 2.39. The number of hydrogen-bond donors (Lipinski definition) is 1. The van der Waals surface area contributed by atoms with E-state index in [9.17, 15) is 0 Å². The van der Waals surface area contributed by atoms with Crippen molar-refractivity contribution >= 4 is 0 Å². The predicted octanol–water partition coefficient (Wildman–Crippen LogP) is 2.73. The molecule has 4 heteroatoms. The molecule has 0 saturated carbocycles. The summed E-state index contributed by atoms with van der Waals surface area (Å²) in [6, 6.07) is 11.2. The fourth-order valence-electron chi connectivity index (χ4n) is 1.59. The van der Waals surface area contributed by atoms with E-state index in [1.54, 1.807) is 6.20 Å². The molecule has 0 unspecified atom stereocenters. The van der Waals surface area contributed by atoms with E-state index < -0.39 is 0 Å². The first-order valence-corrected chi connectivity index (χ1v) is 5.88. The number of rotatable bonds is 5. The Hall–Kier alpha value is -2.07. The molecule has 2 N–H and O–H groups in total. The highest BCUT2D eigenvalue weighted by Gasteiger charge is 2.04. The van der Waals surface area contributed by atoms with Crippen molar-refractivity contribution in [3.05, 3.63) is 48.3 Å². The Kier molecular flexibility index (Phi) is 4.15. The zero-order valence-corrected chi connectivity index (χ0v) is 10.3. The molecule has 0 atom stereocenters. The van der Waals surface area contributed by atoms with E-state index in [0.717, 1.165) is 11.4 Å². The lowest BCUT2D eigenvalue weighted by Gasteiger charge is -2.10. The van der Waals surface area contributed by atoms with Crippen LogP contribution in [0.5, 0.6) is 17.2 Å². The zero-order chi connectivity index (χ0) is 12.8. The van der Waals surface area contributed by atoms with E-state index in [4.69, 9.17) is 15.2 Å². The molecule has 2 rings (SSSR count). The topological polar surface area (TPSA) is 57.4 Å². The lowest BCUT2D eigenvalue weighted by molar-refractivity contribution is 0.338. The van der Waals surface area contributed by atoms with E-state index in [1.807, 2.05) is 43.3 Å². The lowest BCUT2D eigenvalue weighted by atomic mass is 10.3. The van der Waals surface area contributed by atoms with Crippen LogP contribution in [-0.4, -0.2) is 11.6 Å². The van der Waals surface area contributed by atoms with Crippen molar-refractivity contribution < 1.29 is 9.47 Å². The largest absolute Gasteiger partial charge is 0.494 e. The van der Waals surface area contributed by atoms with Crippen molar-refractivity contribution in [1.29, 1.82) is 0 Å². The molecule has 1 aromatic heterocycles. The van der Waals surface area contributed by atoms with Crippen molar-refractivity contribution in [3.8, 4) is 17.2 Å². The van der Waals surface area contributed by atoms with Gasteiger partial charge in [-0.3, -0.25) is 4.98 Å². The maximum absolute atomic E-state index is 5.76. The van der Waals surface area contributed by atoms with Crippen LogP contribution >= 0.6 is 0 Å². The van der Waals surface area contributed by atoms with E-state index >= 15 is 0 Å². The molecule has 0 aliphatic rings. The van der Waals surface area contributed by atoms with Gasteiger partial charge in [-0.1, -0.05) is 6.07 Å². The van der Waals surface area contributed by atoms with Gasteiger partial charge >= 0.3 is 0 Å². The van der Waals surface area contributed by atoms with Gasteiger partial charge in [0, 0.05) is 18.8 Å². The number of benzene rings is 1. The van der Waals surface area contributed by atoms with Crippen LogP contribution in [0.1, 0.15) is 12.6 Å². The summed E-state index contributed by atoms with van der Waals surface area (Å²) in [4.78, 5) is 4.17. The maximum Gasteiger partial charge on any atom is 0.150 e. The van der Waals surface area contributed by atoms with Crippen molar-refractivity contribution in [2.75, 3.05) is 6.61 Å². The summed E-state index contributed by atoms with van der Waals surface area (Å²) in [6.07, 6.45) is 1.70. The lowest BCUT2D eigenvalue weighted by Crippen LogP contribution is -2.01. The Morgan fingerprint density at radius 1 is 1.17 bits per heavy atom. The van der Waals surface area contributed by atoms with Crippen molar-refractivity contribution in [2.45, 2.75) is 13.5 Å². The van der Waals surface area contributed by atoms with Crippen LogP contribution in [0.25, 0.3) is 0 Å². The van der Waals surface area contributed by atoms with Gasteiger partial charge in [-0.05, 0) is 31.2 Å². The summed E-state index contributed by atoms with van der Waals surface area (Å²) in [5, 5.41) is 0. The monoisotopic (exact) mass is 244 g/mol. The molecule has 94 valence electrons. The van der Waals surface area contributed by atoms with Gasteiger partial charge in [0.15, 0.2) is 0 Å². The Morgan fingerprint density at radius 2 is 2.00 bits per heavy atom. The fourth-order valence-corrected chi connectivity index (χ4v) is 1.59. The molecular weight excluding hydrogens is 228 g/mol. The summed E-state index contributed by atoms with van der Waals surface area (Å²) in [6.45, 7) is 2.92. The SMILES string of the molecule is CCOc1cccc(Oc2cccnc2CN)c1. The van der Waals surface area contributed by atoms with Crippen LogP contribution in [0.2, 0.25) is 0 Å². The molecule has 0 aliphatic heterocycles. The minimum absolute atomic E-state index is 0.349. The number of hydrogen-bond acceptors (Lipinski definition) is 4. The average Bonchev–Trinajstić information content (AvgIpc) is 2.40. The van der Waals surface area contributed by atoms with E-state index in [-0.39, 0.29) is 0 Å². The molecule has 0 radical (unpaired) electrons. The molecular formula is C14H16N2O2. The van der Waals surface area contributed by atoms with Crippen LogP contribution in [0, 0.1) is 0 Å². The molecule has 0 spiro atoms. The number of pyridine rings is 1. The zero-order valence-electron chi connectivity index (χ0n) is 10.3. The van der Waals surface area contributed by atoms with Gasteiger partial charge in [-0.2, -0.15) is 0 Å². The molecule has 2 aromatic rings. The Balaban J connectivity index is 2.20. The second-order valence-corrected chi connectivity index (χ2v) is 3.66. The molecule has 0 saturated heterocycles. The van der Waals surface area contributed by atoms with Crippen molar-refractivity contribution in [3.63, 3.8) is 0 Å². The van der Waals surface area contributed by atoms with Crippen LogP contribution in [0.4, 0.5) is 0 Å². The summed E-state index contributed by atoms with van der Waals surface area (Å²) in [7, 11) is 0. The summed E-state index contributed by atoms with van der Waals surface area (Å²) < 4.78 is 11.2. The van der Waals surface area contributed by atoms with Crippen LogP contribution in [0.15, 0.2) is 42.6 Å². The van der Waals surface area contributed by atoms with E-state index in [2.05, 4.69) is 4.98 Å². The fraction of sp³-hybridized carbons (Fsp3) is 0.214. The number of nitrogens with two attached hydrogens (primary N) is 1. The minimum Gasteiger partial charge on any atom is -0.494 e. The normalized spacial score (nSPS) is 10.1.